The van der Waals surface area contributed by atoms with Crippen LogP contribution in [0.2, 0.25) is 0 Å². The van der Waals surface area contributed by atoms with E-state index in [1.54, 1.807) is 25.4 Å². The highest BCUT2D eigenvalue weighted by atomic mass is 32.1. The van der Waals surface area contributed by atoms with E-state index < -0.39 is 0 Å². The number of carbonyl (C=O) groups excluding carboxylic acids is 1. The number of thiophene rings is 1. The van der Waals surface area contributed by atoms with Gasteiger partial charge < -0.3 is 9.64 Å². The van der Waals surface area contributed by atoms with Crippen molar-refractivity contribution in [2.75, 3.05) is 14.1 Å². The van der Waals surface area contributed by atoms with Crippen LogP contribution in [-0.4, -0.2) is 25.1 Å². The fraction of sp³-hybridized carbons (Fsp3) is 0.381. The normalized spacial score (nSPS) is 17.8. The van der Waals surface area contributed by atoms with Gasteiger partial charge in [-0.3, -0.25) is 0 Å². The van der Waals surface area contributed by atoms with Crippen LogP contribution < -0.4 is 4.74 Å². The van der Waals surface area contributed by atoms with Gasteiger partial charge in [-0.1, -0.05) is 42.7 Å². The highest BCUT2D eigenvalue weighted by Gasteiger charge is 2.16. The third-order valence-corrected chi connectivity index (χ3v) is 5.52. The molecule has 0 saturated carbocycles. The molecule has 1 amide bonds. The molecule has 1 aliphatic carbocycles. The maximum absolute atomic E-state index is 12.1. The summed E-state index contributed by atoms with van der Waals surface area (Å²) >= 11 is 1.67. The minimum Gasteiger partial charge on any atom is -0.408 e. The van der Waals surface area contributed by atoms with Crippen LogP contribution in [0.5, 0.6) is 5.75 Å². The molecular weight excluding hydrogens is 330 g/mol. The Bertz CT molecular complexity index is 801. The van der Waals surface area contributed by atoms with Crippen molar-refractivity contribution < 1.29 is 9.53 Å². The molecule has 0 unspecified atom stereocenters. The van der Waals surface area contributed by atoms with Crippen LogP contribution in [-0.2, 0) is 0 Å². The quantitative estimate of drug-likeness (QED) is 0.651. The Morgan fingerprint density at radius 2 is 1.92 bits per heavy atom. The van der Waals surface area contributed by atoms with E-state index in [1.807, 2.05) is 18.2 Å². The van der Waals surface area contributed by atoms with Crippen LogP contribution in [0.15, 0.2) is 42.0 Å². The molecular formula is C21H25NO2S. The Kier molecular flexibility index (Phi) is 5.92. The van der Waals surface area contributed by atoms with E-state index in [0.29, 0.717) is 5.75 Å². The fourth-order valence-electron chi connectivity index (χ4n) is 2.98. The number of nitrogens with zero attached hydrogens (tertiary/aromatic N) is 1. The number of hydrogen-bond acceptors (Lipinski definition) is 3. The molecule has 2 aromatic rings. The lowest BCUT2D eigenvalue weighted by Crippen LogP contribution is -2.25. The molecule has 25 heavy (non-hydrogen) atoms. The summed E-state index contributed by atoms with van der Waals surface area (Å²) < 4.78 is 6.81. The zero-order valence-electron chi connectivity index (χ0n) is 15.0. The lowest BCUT2D eigenvalue weighted by molar-refractivity contribution is 0.172. The molecule has 0 saturated heterocycles. The van der Waals surface area contributed by atoms with E-state index in [9.17, 15) is 4.79 Å². The predicted molar refractivity (Wildman–Crippen MR) is 106 cm³/mol. The third kappa shape index (κ3) is 4.51. The summed E-state index contributed by atoms with van der Waals surface area (Å²) in [6.07, 6.45) is 13.8. The molecule has 0 atom stereocenters. The lowest BCUT2D eigenvalue weighted by Gasteiger charge is -2.11. The first-order chi connectivity index (χ1) is 12.1. The van der Waals surface area contributed by atoms with Crippen molar-refractivity contribution in [3.63, 3.8) is 0 Å². The summed E-state index contributed by atoms with van der Waals surface area (Å²) in [4.78, 5) is 14.5. The molecule has 1 aromatic carbocycles. The second kappa shape index (κ2) is 8.34. The van der Waals surface area contributed by atoms with Gasteiger partial charge in [-0.2, -0.15) is 0 Å². The van der Waals surface area contributed by atoms with Gasteiger partial charge in [0.25, 0.3) is 0 Å². The monoisotopic (exact) mass is 355 g/mol. The predicted octanol–water partition coefficient (Wildman–Crippen LogP) is 6.26. The number of ether oxygens (including phenoxy) is 1. The lowest BCUT2D eigenvalue weighted by atomic mass is 9.99. The van der Waals surface area contributed by atoms with Crippen molar-refractivity contribution in [1.29, 1.82) is 0 Å². The van der Waals surface area contributed by atoms with E-state index >= 15 is 0 Å². The first-order valence-corrected chi connectivity index (χ1v) is 9.74. The standard InChI is InChI=1S/C21H25NO2S/c1-22(2)21(23)24-20-17-12-8-9-13-18(17)25-19(20)15-14-16-10-6-4-3-5-7-11-16/h8-10,12-15H,3-7,11H2,1-2H3/b15-14+,16-10+. The molecule has 1 heterocycles. The summed E-state index contributed by atoms with van der Waals surface area (Å²) in [7, 11) is 3.40. The van der Waals surface area contributed by atoms with Gasteiger partial charge in [0.05, 0.1) is 4.88 Å². The second-order valence-electron chi connectivity index (χ2n) is 6.62. The Labute approximate surface area is 153 Å². The average molecular weight is 356 g/mol. The Morgan fingerprint density at radius 1 is 1.12 bits per heavy atom. The third-order valence-electron chi connectivity index (χ3n) is 4.40. The SMILES string of the molecule is CN(C)C(=O)Oc1c(/C=C/C2=C/CCCCCC2)sc2ccccc12. The molecule has 1 aromatic heterocycles. The van der Waals surface area contributed by atoms with Crippen LogP contribution in [0.3, 0.4) is 0 Å². The van der Waals surface area contributed by atoms with Crippen LogP contribution in [0.4, 0.5) is 4.79 Å². The zero-order valence-corrected chi connectivity index (χ0v) is 15.8. The number of carbonyl (C=O) groups is 1. The molecule has 0 spiro atoms. The summed E-state index contributed by atoms with van der Waals surface area (Å²) in [5.41, 5.74) is 1.39. The van der Waals surface area contributed by atoms with E-state index in [1.165, 1.54) is 36.2 Å². The first kappa shape index (κ1) is 17.7. The van der Waals surface area contributed by atoms with Gasteiger partial charge >= 0.3 is 6.09 Å². The molecule has 0 N–H and O–H groups in total. The highest BCUT2D eigenvalue weighted by Crippen LogP contribution is 2.39. The highest BCUT2D eigenvalue weighted by molar-refractivity contribution is 7.20. The Hall–Kier alpha value is -2.07. The minimum absolute atomic E-state index is 0.344. The van der Waals surface area contributed by atoms with Crippen molar-refractivity contribution in [2.24, 2.45) is 0 Å². The number of hydrogen-bond donors (Lipinski definition) is 0. The maximum atomic E-state index is 12.1. The van der Waals surface area contributed by atoms with Crippen LogP contribution in [0.1, 0.15) is 43.4 Å². The molecule has 1 aliphatic rings. The van der Waals surface area contributed by atoms with Gasteiger partial charge in [0.15, 0.2) is 5.75 Å². The average Bonchev–Trinajstić information content (AvgIpc) is 2.91. The minimum atomic E-state index is -0.344. The van der Waals surface area contributed by atoms with E-state index in [0.717, 1.165) is 27.8 Å². The molecule has 0 bridgehead atoms. The van der Waals surface area contributed by atoms with Crippen molar-refractivity contribution in [3.05, 3.63) is 46.9 Å². The molecule has 0 radical (unpaired) electrons. The van der Waals surface area contributed by atoms with Gasteiger partial charge in [0.1, 0.15) is 0 Å². The topological polar surface area (TPSA) is 29.5 Å². The zero-order chi connectivity index (χ0) is 17.6. The first-order valence-electron chi connectivity index (χ1n) is 8.93. The fourth-order valence-corrected chi connectivity index (χ4v) is 4.02. The van der Waals surface area contributed by atoms with Crippen LogP contribution in [0, 0.1) is 0 Å². The summed E-state index contributed by atoms with van der Waals surface area (Å²) in [5, 5.41) is 0.994. The van der Waals surface area contributed by atoms with Crippen LogP contribution in [0.25, 0.3) is 16.2 Å². The number of fused-ring (bicyclic) bond motifs is 1. The van der Waals surface area contributed by atoms with Gasteiger partial charge in [-0.25, -0.2) is 4.79 Å². The number of rotatable bonds is 3. The van der Waals surface area contributed by atoms with Gasteiger partial charge in [-0.15, -0.1) is 11.3 Å². The molecule has 4 heteroatoms. The van der Waals surface area contributed by atoms with Gasteiger partial charge in [0, 0.05) is 24.2 Å². The largest absolute Gasteiger partial charge is 0.414 e. The van der Waals surface area contributed by atoms with E-state index in [2.05, 4.69) is 24.3 Å². The number of allylic oxidation sites excluding steroid dienone is 3. The number of amides is 1. The van der Waals surface area contributed by atoms with Gasteiger partial charge in [0.2, 0.25) is 0 Å². The van der Waals surface area contributed by atoms with Crippen LogP contribution >= 0.6 is 11.3 Å². The van der Waals surface area contributed by atoms with Crippen molar-refractivity contribution >= 4 is 33.6 Å². The molecule has 0 fully saturated rings. The smallest absolute Gasteiger partial charge is 0.408 e. The maximum Gasteiger partial charge on any atom is 0.414 e. The van der Waals surface area contributed by atoms with Crippen molar-refractivity contribution in [2.45, 2.75) is 38.5 Å². The summed E-state index contributed by atoms with van der Waals surface area (Å²) in [5.74, 6) is 0.669. The van der Waals surface area contributed by atoms with E-state index in [-0.39, 0.29) is 6.09 Å². The van der Waals surface area contributed by atoms with Crippen molar-refractivity contribution in [1.82, 2.24) is 4.90 Å². The molecule has 3 rings (SSSR count). The molecule has 3 nitrogen and oxygen atoms in total. The van der Waals surface area contributed by atoms with Crippen molar-refractivity contribution in [3.8, 4) is 5.75 Å². The summed E-state index contributed by atoms with van der Waals surface area (Å²) in [6.45, 7) is 0. The Balaban J connectivity index is 1.91. The molecule has 132 valence electrons. The Morgan fingerprint density at radius 3 is 2.76 bits per heavy atom. The van der Waals surface area contributed by atoms with Gasteiger partial charge in [-0.05, 0) is 43.9 Å². The molecule has 0 aliphatic heterocycles. The number of benzene rings is 1. The second-order valence-corrected chi connectivity index (χ2v) is 7.70. The summed E-state index contributed by atoms with van der Waals surface area (Å²) in [6, 6.07) is 8.07. The van der Waals surface area contributed by atoms with E-state index in [4.69, 9.17) is 4.74 Å².